The average Bonchev–Trinajstić information content (AvgIpc) is 2.39. The second-order valence-corrected chi connectivity index (χ2v) is 3.63. The highest BCUT2D eigenvalue weighted by Crippen LogP contribution is 2.13. The summed E-state index contributed by atoms with van der Waals surface area (Å²) in [7, 11) is 1.61. The highest BCUT2D eigenvalue weighted by molar-refractivity contribution is 5.94. The molecule has 1 fully saturated rings. The summed E-state index contributed by atoms with van der Waals surface area (Å²) in [5.41, 5.74) is 0.697. The molecule has 1 heterocycles. The Kier molecular flexibility index (Phi) is 3.41. The van der Waals surface area contributed by atoms with Gasteiger partial charge in [-0.15, -0.1) is 0 Å². The van der Waals surface area contributed by atoms with Gasteiger partial charge in [0.2, 0.25) is 0 Å². The van der Waals surface area contributed by atoms with E-state index in [1.165, 1.54) is 0 Å². The maximum atomic E-state index is 12.0. The van der Waals surface area contributed by atoms with Gasteiger partial charge in [-0.2, -0.15) is 0 Å². The number of methoxy groups -OCH3 is 1. The lowest BCUT2D eigenvalue weighted by atomic mass is 10.2. The summed E-state index contributed by atoms with van der Waals surface area (Å²) >= 11 is 0. The minimum absolute atomic E-state index is 0.0611. The normalized spacial score (nSPS) is 15.9. The summed E-state index contributed by atoms with van der Waals surface area (Å²) in [6, 6.07) is 7.18. The summed E-state index contributed by atoms with van der Waals surface area (Å²) in [6.45, 7) is 2.60. The number of carbonyl (C=O) groups excluding carboxylic acids is 1. The van der Waals surface area contributed by atoms with Crippen molar-refractivity contribution in [3.63, 3.8) is 0 Å². The number of nitrogens with zero attached hydrogens (tertiary/aromatic N) is 1. The fourth-order valence-corrected chi connectivity index (χ4v) is 1.68. The lowest BCUT2D eigenvalue weighted by molar-refractivity contribution is 0.0303. The molecular formula is C12H15NO3. The van der Waals surface area contributed by atoms with Crippen molar-refractivity contribution < 1.29 is 14.3 Å². The number of benzene rings is 1. The lowest BCUT2D eigenvalue weighted by Gasteiger charge is -2.26. The van der Waals surface area contributed by atoms with Gasteiger partial charge in [0.25, 0.3) is 5.91 Å². The third-order valence-corrected chi connectivity index (χ3v) is 2.64. The van der Waals surface area contributed by atoms with E-state index in [1.807, 2.05) is 4.90 Å². The molecule has 0 N–H and O–H groups in total. The van der Waals surface area contributed by atoms with Gasteiger partial charge in [-0.25, -0.2) is 0 Å². The van der Waals surface area contributed by atoms with Crippen LogP contribution >= 0.6 is 0 Å². The van der Waals surface area contributed by atoms with Gasteiger partial charge in [-0.05, 0) is 24.3 Å². The molecule has 4 nitrogen and oxygen atoms in total. The second-order valence-electron chi connectivity index (χ2n) is 3.63. The molecule has 1 aromatic carbocycles. The molecule has 1 aromatic rings. The van der Waals surface area contributed by atoms with E-state index in [-0.39, 0.29) is 5.91 Å². The molecular weight excluding hydrogens is 206 g/mol. The van der Waals surface area contributed by atoms with E-state index < -0.39 is 0 Å². The Morgan fingerprint density at radius 3 is 2.44 bits per heavy atom. The number of hydrogen-bond donors (Lipinski definition) is 0. The van der Waals surface area contributed by atoms with Crippen LogP contribution in [0, 0.1) is 0 Å². The Morgan fingerprint density at radius 1 is 1.25 bits per heavy atom. The lowest BCUT2D eigenvalue weighted by Crippen LogP contribution is -2.40. The summed E-state index contributed by atoms with van der Waals surface area (Å²) < 4.78 is 10.3. The molecule has 1 amide bonds. The minimum atomic E-state index is 0.0611. The molecule has 1 aliphatic heterocycles. The Labute approximate surface area is 94.8 Å². The number of morpholine rings is 1. The third-order valence-electron chi connectivity index (χ3n) is 2.64. The van der Waals surface area contributed by atoms with Crippen molar-refractivity contribution in [2.24, 2.45) is 0 Å². The van der Waals surface area contributed by atoms with E-state index in [4.69, 9.17) is 9.47 Å². The van der Waals surface area contributed by atoms with Crippen molar-refractivity contribution in [1.82, 2.24) is 4.90 Å². The van der Waals surface area contributed by atoms with Gasteiger partial charge in [0.05, 0.1) is 20.3 Å². The number of hydrogen-bond acceptors (Lipinski definition) is 3. The topological polar surface area (TPSA) is 38.8 Å². The van der Waals surface area contributed by atoms with Crippen LogP contribution in [-0.4, -0.2) is 44.2 Å². The third kappa shape index (κ3) is 2.33. The SMILES string of the molecule is COc1ccc(C(=O)N2CCOCC2)cc1. The number of rotatable bonds is 2. The van der Waals surface area contributed by atoms with Crippen LogP contribution in [0.5, 0.6) is 5.75 Å². The second kappa shape index (κ2) is 4.99. The van der Waals surface area contributed by atoms with E-state index in [0.29, 0.717) is 31.9 Å². The maximum Gasteiger partial charge on any atom is 0.254 e. The Bertz CT molecular complexity index is 355. The van der Waals surface area contributed by atoms with Gasteiger partial charge in [-0.1, -0.05) is 0 Å². The van der Waals surface area contributed by atoms with Gasteiger partial charge in [0.1, 0.15) is 5.75 Å². The predicted octanol–water partition coefficient (Wildman–Crippen LogP) is 1.17. The molecule has 1 saturated heterocycles. The van der Waals surface area contributed by atoms with Gasteiger partial charge in [-0.3, -0.25) is 4.79 Å². The quantitative estimate of drug-likeness (QED) is 0.752. The summed E-state index contributed by atoms with van der Waals surface area (Å²) in [6.07, 6.45) is 0. The van der Waals surface area contributed by atoms with Crippen LogP contribution in [0.3, 0.4) is 0 Å². The van der Waals surface area contributed by atoms with Gasteiger partial charge in [0, 0.05) is 18.7 Å². The molecule has 0 radical (unpaired) electrons. The Hall–Kier alpha value is -1.55. The zero-order chi connectivity index (χ0) is 11.4. The molecule has 16 heavy (non-hydrogen) atoms. The van der Waals surface area contributed by atoms with E-state index in [0.717, 1.165) is 5.75 Å². The van der Waals surface area contributed by atoms with Gasteiger partial charge in [0.15, 0.2) is 0 Å². The van der Waals surface area contributed by atoms with Crippen LogP contribution in [0.2, 0.25) is 0 Å². The van der Waals surface area contributed by atoms with E-state index in [1.54, 1.807) is 31.4 Å². The van der Waals surface area contributed by atoms with Gasteiger partial charge < -0.3 is 14.4 Å². The summed E-state index contributed by atoms with van der Waals surface area (Å²) in [4.78, 5) is 13.8. The molecule has 0 bridgehead atoms. The number of carbonyl (C=O) groups is 1. The first kappa shape index (κ1) is 11.0. The molecule has 0 saturated carbocycles. The van der Waals surface area contributed by atoms with Crippen LogP contribution in [0.4, 0.5) is 0 Å². The van der Waals surface area contributed by atoms with Crippen molar-refractivity contribution in [3.8, 4) is 5.75 Å². The maximum absolute atomic E-state index is 12.0. The molecule has 2 rings (SSSR count). The molecule has 0 spiro atoms. The van der Waals surface area contributed by atoms with Crippen LogP contribution in [-0.2, 0) is 4.74 Å². The highest BCUT2D eigenvalue weighted by Gasteiger charge is 2.18. The molecule has 0 atom stereocenters. The monoisotopic (exact) mass is 221 g/mol. The van der Waals surface area contributed by atoms with Crippen LogP contribution < -0.4 is 4.74 Å². The van der Waals surface area contributed by atoms with Crippen LogP contribution in [0.1, 0.15) is 10.4 Å². The van der Waals surface area contributed by atoms with E-state index in [2.05, 4.69) is 0 Å². The molecule has 0 aromatic heterocycles. The number of ether oxygens (including phenoxy) is 2. The van der Waals surface area contributed by atoms with Crippen LogP contribution in [0.25, 0.3) is 0 Å². The molecule has 1 aliphatic rings. The van der Waals surface area contributed by atoms with Crippen molar-refractivity contribution in [3.05, 3.63) is 29.8 Å². The first-order valence-electron chi connectivity index (χ1n) is 5.32. The average molecular weight is 221 g/mol. The first-order valence-corrected chi connectivity index (χ1v) is 5.32. The predicted molar refractivity (Wildman–Crippen MR) is 59.7 cm³/mol. The molecule has 86 valence electrons. The zero-order valence-corrected chi connectivity index (χ0v) is 9.31. The van der Waals surface area contributed by atoms with Crippen molar-refractivity contribution in [2.75, 3.05) is 33.4 Å². The Balaban J connectivity index is 2.07. The smallest absolute Gasteiger partial charge is 0.254 e. The van der Waals surface area contributed by atoms with Crippen molar-refractivity contribution >= 4 is 5.91 Å². The molecule has 0 unspecified atom stereocenters. The Morgan fingerprint density at radius 2 is 1.88 bits per heavy atom. The fourth-order valence-electron chi connectivity index (χ4n) is 1.68. The number of amides is 1. The fraction of sp³-hybridized carbons (Fsp3) is 0.417. The zero-order valence-electron chi connectivity index (χ0n) is 9.31. The van der Waals surface area contributed by atoms with E-state index in [9.17, 15) is 4.79 Å². The minimum Gasteiger partial charge on any atom is -0.497 e. The summed E-state index contributed by atoms with van der Waals surface area (Å²) in [5, 5.41) is 0. The van der Waals surface area contributed by atoms with Crippen molar-refractivity contribution in [2.45, 2.75) is 0 Å². The van der Waals surface area contributed by atoms with Gasteiger partial charge >= 0.3 is 0 Å². The van der Waals surface area contributed by atoms with Crippen molar-refractivity contribution in [1.29, 1.82) is 0 Å². The largest absolute Gasteiger partial charge is 0.497 e. The molecule has 4 heteroatoms. The highest BCUT2D eigenvalue weighted by atomic mass is 16.5. The summed E-state index contributed by atoms with van der Waals surface area (Å²) in [5.74, 6) is 0.824. The van der Waals surface area contributed by atoms with E-state index >= 15 is 0 Å². The first-order chi connectivity index (χ1) is 7.81. The standard InChI is InChI=1S/C12H15NO3/c1-15-11-4-2-10(3-5-11)12(14)13-6-8-16-9-7-13/h2-5H,6-9H2,1H3. The van der Waals surface area contributed by atoms with Crippen LogP contribution in [0.15, 0.2) is 24.3 Å². The molecule has 0 aliphatic carbocycles.